The maximum atomic E-state index is 12.2. The van der Waals surface area contributed by atoms with Crippen molar-refractivity contribution < 1.29 is 4.79 Å². The molecule has 1 N–H and O–H groups in total. The molecule has 0 aliphatic rings. The van der Waals surface area contributed by atoms with E-state index < -0.39 is 0 Å². The Morgan fingerprint density at radius 3 is 2.67 bits per heavy atom. The molecule has 4 rings (SSSR count). The Morgan fingerprint density at radius 1 is 1.04 bits per heavy atom. The molecule has 0 saturated heterocycles. The topological polar surface area (TPSA) is 59.3 Å². The van der Waals surface area contributed by atoms with Gasteiger partial charge in [-0.05, 0) is 36.6 Å². The number of carbonyl (C=O) groups excluding carboxylic acids is 1. The van der Waals surface area contributed by atoms with Gasteiger partial charge in [-0.15, -0.1) is 10.2 Å². The van der Waals surface area contributed by atoms with Crippen LogP contribution < -0.4 is 5.32 Å². The first-order valence-electron chi connectivity index (χ1n) is 8.81. The number of nitrogens with one attached hydrogen (secondary N) is 1. The van der Waals surface area contributed by atoms with Gasteiger partial charge in [-0.1, -0.05) is 60.3 Å². The predicted molar refractivity (Wildman–Crippen MR) is 109 cm³/mol. The highest BCUT2D eigenvalue weighted by Gasteiger charge is 2.14. The summed E-state index contributed by atoms with van der Waals surface area (Å²) in [4.78, 5) is 12.2. The van der Waals surface area contributed by atoms with Crippen LogP contribution in [-0.2, 0) is 11.3 Å². The molecule has 0 aliphatic heterocycles. The first kappa shape index (κ1) is 17.5. The molecule has 2 heterocycles. The van der Waals surface area contributed by atoms with Crippen LogP contribution in [0.1, 0.15) is 16.7 Å². The minimum Gasteiger partial charge on any atom is -0.351 e. The van der Waals surface area contributed by atoms with Crippen LogP contribution in [0.2, 0.25) is 0 Å². The lowest BCUT2D eigenvalue weighted by Gasteiger charge is -2.10. The van der Waals surface area contributed by atoms with E-state index in [9.17, 15) is 4.79 Å². The van der Waals surface area contributed by atoms with Crippen molar-refractivity contribution in [2.45, 2.75) is 25.5 Å². The number of amides is 1. The Bertz CT molecular complexity index is 1120. The second-order valence-electron chi connectivity index (χ2n) is 6.53. The van der Waals surface area contributed by atoms with Crippen molar-refractivity contribution >= 4 is 34.2 Å². The summed E-state index contributed by atoms with van der Waals surface area (Å²) in [5.74, 6) is 0.281. The number of thioether (sulfide) groups is 1. The minimum absolute atomic E-state index is 0.0197. The van der Waals surface area contributed by atoms with Crippen molar-refractivity contribution in [2.24, 2.45) is 0 Å². The van der Waals surface area contributed by atoms with Gasteiger partial charge in [-0.25, -0.2) is 0 Å². The lowest BCUT2D eigenvalue weighted by molar-refractivity contribution is -0.118. The lowest BCUT2D eigenvalue weighted by Crippen LogP contribution is -2.24. The van der Waals surface area contributed by atoms with E-state index in [-0.39, 0.29) is 5.91 Å². The molecule has 1 amide bonds. The van der Waals surface area contributed by atoms with Crippen LogP contribution in [-0.4, -0.2) is 26.3 Å². The van der Waals surface area contributed by atoms with Gasteiger partial charge in [-0.3, -0.25) is 9.20 Å². The summed E-state index contributed by atoms with van der Waals surface area (Å²) in [6.07, 6.45) is 0. The molecule has 0 saturated carbocycles. The Labute approximate surface area is 161 Å². The monoisotopic (exact) mass is 376 g/mol. The zero-order valence-electron chi connectivity index (χ0n) is 15.3. The highest BCUT2D eigenvalue weighted by Crippen LogP contribution is 2.27. The van der Waals surface area contributed by atoms with E-state index in [1.54, 1.807) is 0 Å². The molecule has 2 aromatic carbocycles. The van der Waals surface area contributed by atoms with E-state index >= 15 is 0 Å². The summed E-state index contributed by atoms with van der Waals surface area (Å²) in [5.41, 5.74) is 5.33. The number of benzene rings is 2. The Hall–Kier alpha value is -2.86. The summed E-state index contributed by atoms with van der Waals surface area (Å²) < 4.78 is 2.05. The van der Waals surface area contributed by atoms with Crippen molar-refractivity contribution in [2.75, 3.05) is 5.75 Å². The van der Waals surface area contributed by atoms with Crippen LogP contribution in [0.15, 0.2) is 59.8 Å². The summed E-state index contributed by atoms with van der Waals surface area (Å²) in [7, 11) is 0. The third-order valence-corrected chi connectivity index (χ3v) is 5.48. The predicted octanol–water partition coefficient (Wildman–Crippen LogP) is 3.91. The molecule has 0 atom stereocenters. The van der Waals surface area contributed by atoms with Gasteiger partial charge in [0.25, 0.3) is 0 Å². The summed E-state index contributed by atoms with van der Waals surface area (Å²) in [5, 5.41) is 13.5. The minimum atomic E-state index is -0.0197. The smallest absolute Gasteiger partial charge is 0.230 e. The van der Waals surface area contributed by atoms with Gasteiger partial charge in [0.15, 0.2) is 10.8 Å². The number of carbonyl (C=O) groups is 1. The highest BCUT2D eigenvalue weighted by molar-refractivity contribution is 7.99. The van der Waals surface area contributed by atoms with E-state index in [0.717, 1.165) is 27.4 Å². The van der Waals surface area contributed by atoms with Crippen molar-refractivity contribution in [3.63, 3.8) is 0 Å². The average molecular weight is 376 g/mol. The molecule has 5 nitrogen and oxygen atoms in total. The number of rotatable bonds is 5. The number of nitrogens with zero attached hydrogens (tertiary/aromatic N) is 3. The van der Waals surface area contributed by atoms with Crippen LogP contribution in [0.3, 0.4) is 0 Å². The number of aromatic nitrogens is 3. The van der Waals surface area contributed by atoms with Crippen LogP contribution in [0.5, 0.6) is 0 Å². The SMILES string of the molecule is Cc1cc2nnc(SCC(=O)NCc3ccccc3)n2c2c(C)cccc12. The van der Waals surface area contributed by atoms with Gasteiger partial charge in [0, 0.05) is 11.9 Å². The van der Waals surface area contributed by atoms with Gasteiger partial charge >= 0.3 is 0 Å². The van der Waals surface area contributed by atoms with Crippen LogP contribution in [0.25, 0.3) is 16.6 Å². The van der Waals surface area contributed by atoms with Crippen molar-refractivity contribution in [3.05, 3.63) is 71.3 Å². The number of para-hydroxylation sites is 1. The van der Waals surface area contributed by atoms with Gasteiger partial charge < -0.3 is 5.32 Å². The molecular weight excluding hydrogens is 356 g/mol. The molecule has 0 unspecified atom stereocenters. The van der Waals surface area contributed by atoms with Gasteiger partial charge in [0.2, 0.25) is 5.91 Å². The van der Waals surface area contributed by atoms with E-state index in [1.807, 2.05) is 40.8 Å². The number of hydrogen-bond acceptors (Lipinski definition) is 4. The number of hydrogen-bond donors (Lipinski definition) is 1. The molecule has 0 bridgehead atoms. The molecular formula is C21H20N4OS. The van der Waals surface area contributed by atoms with Crippen molar-refractivity contribution in [3.8, 4) is 0 Å². The molecule has 0 fully saturated rings. The molecule has 0 radical (unpaired) electrons. The van der Waals surface area contributed by atoms with Crippen LogP contribution in [0, 0.1) is 13.8 Å². The molecule has 27 heavy (non-hydrogen) atoms. The van der Waals surface area contributed by atoms with Gasteiger partial charge in [0.05, 0.1) is 11.3 Å². The Balaban J connectivity index is 1.55. The van der Waals surface area contributed by atoms with E-state index in [4.69, 9.17) is 0 Å². The second-order valence-corrected chi connectivity index (χ2v) is 7.47. The molecule has 0 aliphatic carbocycles. The summed E-state index contributed by atoms with van der Waals surface area (Å²) in [6, 6.07) is 18.2. The zero-order chi connectivity index (χ0) is 18.8. The fourth-order valence-corrected chi connectivity index (χ4v) is 3.98. The zero-order valence-corrected chi connectivity index (χ0v) is 16.1. The largest absolute Gasteiger partial charge is 0.351 e. The maximum absolute atomic E-state index is 12.2. The van der Waals surface area contributed by atoms with Crippen molar-refractivity contribution in [1.82, 2.24) is 19.9 Å². The first-order chi connectivity index (χ1) is 13.1. The molecule has 2 aromatic heterocycles. The standard InChI is InChI=1S/C21H20N4OS/c1-14-7-6-10-17-15(2)11-18-23-24-21(25(18)20(14)17)27-13-19(26)22-12-16-8-4-3-5-9-16/h3-11H,12-13H2,1-2H3,(H,22,26). The average Bonchev–Trinajstić information content (AvgIpc) is 3.08. The van der Waals surface area contributed by atoms with Gasteiger partial charge in [-0.2, -0.15) is 0 Å². The Kier molecular flexibility index (Phi) is 4.81. The third-order valence-electron chi connectivity index (χ3n) is 4.56. The van der Waals surface area contributed by atoms with E-state index in [1.165, 1.54) is 22.7 Å². The summed E-state index contributed by atoms with van der Waals surface area (Å²) >= 11 is 1.41. The fraction of sp³-hybridized carbons (Fsp3) is 0.190. The van der Waals surface area contributed by atoms with Crippen molar-refractivity contribution in [1.29, 1.82) is 0 Å². The fourth-order valence-electron chi connectivity index (χ4n) is 3.20. The third kappa shape index (κ3) is 3.53. The number of pyridine rings is 1. The molecule has 136 valence electrons. The number of fused-ring (bicyclic) bond motifs is 3. The van der Waals surface area contributed by atoms with E-state index in [0.29, 0.717) is 12.3 Å². The number of aryl methyl sites for hydroxylation is 2. The highest BCUT2D eigenvalue weighted by atomic mass is 32.2. The molecule has 0 spiro atoms. The first-order valence-corrected chi connectivity index (χ1v) is 9.79. The van der Waals surface area contributed by atoms with Crippen LogP contribution in [0.4, 0.5) is 0 Å². The maximum Gasteiger partial charge on any atom is 0.230 e. The Morgan fingerprint density at radius 2 is 1.85 bits per heavy atom. The molecule has 6 heteroatoms. The quantitative estimate of drug-likeness (QED) is 0.537. The normalized spacial score (nSPS) is 11.2. The van der Waals surface area contributed by atoms with Crippen LogP contribution >= 0.6 is 11.8 Å². The lowest BCUT2D eigenvalue weighted by atomic mass is 10.1. The molecule has 4 aromatic rings. The van der Waals surface area contributed by atoms with Gasteiger partial charge in [0.1, 0.15) is 0 Å². The van der Waals surface area contributed by atoms with E-state index in [2.05, 4.69) is 47.6 Å². The second kappa shape index (κ2) is 7.40. The summed E-state index contributed by atoms with van der Waals surface area (Å²) in [6.45, 7) is 4.70.